The summed E-state index contributed by atoms with van der Waals surface area (Å²) >= 11 is 5.31. The van der Waals surface area contributed by atoms with Gasteiger partial charge in [0, 0.05) is 13.3 Å². The van der Waals surface area contributed by atoms with Gasteiger partial charge in [0.05, 0.1) is 22.5 Å². The number of H-pyrrole nitrogens is 1. The Bertz CT molecular complexity index is 981. The monoisotopic (exact) mass is 323 g/mol. The lowest BCUT2D eigenvalue weighted by Crippen LogP contribution is -2.06. The van der Waals surface area contributed by atoms with Crippen LogP contribution >= 0.6 is 12.2 Å². The summed E-state index contributed by atoms with van der Waals surface area (Å²) in [5.74, 6) is 0.733. The molecule has 0 fully saturated rings. The highest BCUT2D eigenvalue weighted by atomic mass is 32.2. The first-order chi connectivity index (χ1) is 9.88. The minimum atomic E-state index is -3.33. The van der Waals surface area contributed by atoms with Crippen molar-refractivity contribution in [3.8, 4) is 0 Å². The highest BCUT2D eigenvalue weighted by molar-refractivity contribution is 7.91. The average molecular weight is 323 g/mol. The number of para-hydroxylation sites is 1. The first-order valence-electron chi connectivity index (χ1n) is 6.12. The molecule has 0 atom stereocenters. The molecule has 3 rings (SSSR count). The molecule has 0 saturated carbocycles. The Morgan fingerprint density at radius 2 is 2.14 bits per heavy atom. The zero-order valence-electron chi connectivity index (χ0n) is 11.4. The van der Waals surface area contributed by atoms with Crippen LogP contribution in [0.25, 0.3) is 11.0 Å². The molecule has 0 aliphatic rings. The van der Waals surface area contributed by atoms with Crippen LogP contribution in [0.4, 0.5) is 0 Å². The Balaban J connectivity index is 2.24. The van der Waals surface area contributed by atoms with Crippen LogP contribution in [0, 0.1) is 4.77 Å². The van der Waals surface area contributed by atoms with E-state index in [4.69, 9.17) is 12.2 Å². The molecule has 1 aromatic carbocycles. The minimum Gasteiger partial charge on any atom is -0.329 e. The van der Waals surface area contributed by atoms with Gasteiger partial charge in [-0.3, -0.25) is 0 Å². The molecule has 0 radical (unpaired) electrons. The number of rotatable bonds is 3. The third-order valence-corrected chi connectivity index (χ3v) is 4.74. The van der Waals surface area contributed by atoms with Crippen LogP contribution < -0.4 is 0 Å². The Kier molecular flexibility index (Phi) is 3.18. The number of imidazole rings is 1. The second-order valence-electron chi connectivity index (χ2n) is 4.80. The van der Waals surface area contributed by atoms with E-state index in [0.29, 0.717) is 16.8 Å². The first kappa shape index (κ1) is 14.0. The Labute approximate surface area is 126 Å². The van der Waals surface area contributed by atoms with Gasteiger partial charge < -0.3 is 14.1 Å². The van der Waals surface area contributed by atoms with Crippen molar-refractivity contribution < 1.29 is 8.42 Å². The Morgan fingerprint density at radius 3 is 2.76 bits per heavy atom. The SMILES string of the molecule is Cn1cnnc1Cn1c(=S)[nH]c2c(S(C)(=O)=O)cccc21. The van der Waals surface area contributed by atoms with Crippen molar-refractivity contribution in [3.05, 3.63) is 35.1 Å². The van der Waals surface area contributed by atoms with Gasteiger partial charge in [0.15, 0.2) is 20.4 Å². The lowest BCUT2D eigenvalue weighted by Gasteiger charge is -2.05. The van der Waals surface area contributed by atoms with Gasteiger partial charge in [0.25, 0.3) is 0 Å². The van der Waals surface area contributed by atoms with Gasteiger partial charge in [-0.05, 0) is 24.4 Å². The van der Waals surface area contributed by atoms with Crippen LogP contribution in [0.1, 0.15) is 5.82 Å². The normalized spacial score (nSPS) is 12.1. The summed E-state index contributed by atoms with van der Waals surface area (Å²) in [5.41, 5.74) is 1.25. The molecule has 7 nitrogen and oxygen atoms in total. The van der Waals surface area contributed by atoms with Crippen LogP contribution in [-0.4, -0.2) is 39.0 Å². The van der Waals surface area contributed by atoms with Crippen LogP contribution in [0.3, 0.4) is 0 Å². The van der Waals surface area contributed by atoms with Crippen molar-refractivity contribution in [2.24, 2.45) is 7.05 Å². The fourth-order valence-corrected chi connectivity index (χ4v) is 3.33. The summed E-state index contributed by atoms with van der Waals surface area (Å²) in [5, 5.41) is 7.85. The molecule has 9 heteroatoms. The van der Waals surface area contributed by atoms with Gasteiger partial charge >= 0.3 is 0 Å². The van der Waals surface area contributed by atoms with Gasteiger partial charge in [0.2, 0.25) is 0 Å². The zero-order valence-corrected chi connectivity index (χ0v) is 13.1. The number of sulfone groups is 1. The minimum absolute atomic E-state index is 0.239. The Hall–Kier alpha value is -2.00. The predicted molar refractivity (Wildman–Crippen MR) is 80.3 cm³/mol. The maximum absolute atomic E-state index is 11.8. The van der Waals surface area contributed by atoms with Gasteiger partial charge in [0.1, 0.15) is 6.33 Å². The first-order valence-corrected chi connectivity index (χ1v) is 8.42. The number of hydrogen-bond donors (Lipinski definition) is 1. The molecule has 21 heavy (non-hydrogen) atoms. The number of nitrogens with one attached hydrogen (secondary N) is 1. The maximum Gasteiger partial charge on any atom is 0.178 e. The molecule has 0 amide bonds. The average Bonchev–Trinajstić information content (AvgIpc) is 2.93. The lowest BCUT2D eigenvalue weighted by atomic mass is 10.3. The van der Waals surface area contributed by atoms with E-state index in [1.807, 2.05) is 17.7 Å². The molecule has 0 aliphatic heterocycles. The van der Waals surface area contributed by atoms with Crippen molar-refractivity contribution >= 4 is 33.1 Å². The van der Waals surface area contributed by atoms with Gasteiger partial charge in [-0.25, -0.2) is 8.42 Å². The number of aromatic nitrogens is 5. The number of fused-ring (bicyclic) bond motifs is 1. The fourth-order valence-electron chi connectivity index (χ4n) is 2.21. The van der Waals surface area contributed by atoms with Gasteiger partial charge in [-0.1, -0.05) is 6.07 Å². The molecule has 0 aliphatic carbocycles. The number of nitrogens with zero attached hydrogens (tertiary/aromatic N) is 4. The smallest absolute Gasteiger partial charge is 0.178 e. The van der Waals surface area contributed by atoms with E-state index in [0.717, 1.165) is 11.3 Å². The van der Waals surface area contributed by atoms with Gasteiger partial charge in [-0.2, -0.15) is 0 Å². The largest absolute Gasteiger partial charge is 0.329 e. The van der Waals surface area contributed by atoms with E-state index in [1.54, 1.807) is 23.0 Å². The topological polar surface area (TPSA) is 85.6 Å². The van der Waals surface area contributed by atoms with Crippen LogP contribution in [-0.2, 0) is 23.4 Å². The third-order valence-electron chi connectivity index (χ3n) is 3.28. The van der Waals surface area contributed by atoms with E-state index in [2.05, 4.69) is 15.2 Å². The number of aryl methyl sites for hydroxylation is 1. The standard InChI is InChI=1S/C12H13N5O2S2/c1-16-7-13-15-10(16)6-17-8-4-3-5-9(21(2,18)19)11(8)14-12(17)20/h3-5,7H,6H2,1-2H3,(H,14,20). The Morgan fingerprint density at radius 1 is 1.38 bits per heavy atom. The van der Waals surface area contributed by atoms with Crippen LogP contribution in [0.5, 0.6) is 0 Å². The molecule has 0 unspecified atom stereocenters. The number of hydrogen-bond acceptors (Lipinski definition) is 5. The van der Waals surface area contributed by atoms with E-state index in [9.17, 15) is 8.42 Å². The zero-order chi connectivity index (χ0) is 15.2. The lowest BCUT2D eigenvalue weighted by molar-refractivity contribution is 0.602. The maximum atomic E-state index is 11.8. The molecule has 0 spiro atoms. The molecule has 1 N–H and O–H groups in total. The second-order valence-corrected chi connectivity index (χ2v) is 7.17. The molecule has 110 valence electrons. The van der Waals surface area contributed by atoms with Crippen molar-refractivity contribution in [2.45, 2.75) is 11.4 Å². The van der Waals surface area contributed by atoms with Crippen LogP contribution in [0.2, 0.25) is 0 Å². The van der Waals surface area contributed by atoms with E-state index in [-0.39, 0.29) is 4.90 Å². The highest BCUT2D eigenvalue weighted by Gasteiger charge is 2.16. The number of aromatic amines is 1. The fraction of sp³-hybridized carbons (Fsp3) is 0.250. The predicted octanol–water partition coefficient (Wildman–Crippen LogP) is 1.28. The summed E-state index contributed by atoms with van der Waals surface area (Å²) in [6.07, 6.45) is 2.79. The van der Waals surface area contributed by atoms with Crippen molar-refractivity contribution in [2.75, 3.05) is 6.26 Å². The molecule has 2 heterocycles. The molecular weight excluding hydrogens is 310 g/mol. The van der Waals surface area contributed by atoms with E-state index in [1.165, 1.54) is 6.26 Å². The molecule has 0 bridgehead atoms. The van der Waals surface area contributed by atoms with Crippen molar-refractivity contribution in [3.63, 3.8) is 0 Å². The van der Waals surface area contributed by atoms with Crippen molar-refractivity contribution in [1.82, 2.24) is 24.3 Å². The summed E-state index contributed by atoms with van der Waals surface area (Å²) in [4.78, 5) is 3.21. The van der Waals surface area contributed by atoms with Crippen LogP contribution in [0.15, 0.2) is 29.4 Å². The van der Waals surface area contributed by atoms with Crippen molar-refractivity contribution in [1.29, 1.82) is 0 Å². The molecule has 2 aromatic heterocycles. The highest BCUT2D eigenvalue weighted by Crippen LogP contribution is 2.23. The van der Waals surface area contributed by atoms with E-state index >= 15 is 0 Å². The second kappa shape index (κ2) is 4.78. The third kappa shape index (κ3) is 2.38. The van der Waals surface area contributed by atoms with E-state index < -0.39 is 9.84 Å². The molecule has 3 aromatic rings. The molecule has 0 saturated heterocycles. The molecular formula is C12H13N5O2S2. The summed E-state index contributed by atoms with van der Waals surface area (Å²) in [7, 11) is -1.48. The van der Waals surface area contributed by atoms with Gasteiger partial charge in [-0.15, -0.1) is 10.2 Å². The summed E-state index contributed by atoms with van der Waals surface area (Å²) in [6, 6.07) is 5.09. The number of benzene rings is 1. The quantitative estimate of drug-likeness (QED) is 0.734. The summed E-state index contributed by atoms with van der Waals surface area (Å²) < 4.78 is 27.7. The summed E-state index contributed by atoms with van der Waals surface area (Å²) in [6.45, 7) is 0.419.